The maximum absolute atomic E-state index is 8.08. The Hall–Kier alpha value is -2.13. The zero-order valence-corrected chi connectivity index (χ0v) is 14.6. The first-order valence-electron chi connectivity index (χ1n) is 10.4. The van der Waals surface area contributed by atoms with E-state index in [0.29, 0.717) is 25.2 Å². The molecular weight excluding hydrogens is 330 g/mol. The zero-order chi connectivity index (χ0) is 21.0. The Balaban J connectivity index is 0.00000320. The van der Waals surface area contributed by atoms with Crippen LogP contribution in [0.3, 0.4) is 0 Å². The van der Waals surface area contributed by atoms with E-state index in [1.807, 2.05) is 42.5 Å². The number of hydrogen-bond donors (Lipinski definition) is 1. The third-order valence-corrected chi connectivity index (χ3v) is 3.68. The predicted octanol–water partition coefficient (Wildman–Crippen LogP) is 4.86. The van der Waals surface area contributed by atoms with Crippen LogP contribution in [0.5, 0.6) is 0 Å². The van der Waals surface area contributed by atoms with Crippen molar-refractivity contribution in [1.82, 2.24) is 0 Å². The molecule has 2 nitrogen and oxygen atoms in total. The lowest BCUT2D eigenvalue weighted by Crippen LogP contribution is -2.28. The van der Waals surface area contributed by atoms with E-state index >= 15 is 0 Å². The molecule has 25 heavy (non-hydrogen) atoms. The van der Waals surface area contributed by atoms with E-state index in [9.17, 15) is 0 Å². The van der Waals surface area contributed by atoms with Crippen LogP contribution in [-0.2, 0) is 17.8 Å². The molecule has 0 bridgehead atoms. The summed E-state index contributed by atoms with van der Waals surface area (Å²) in [6, 6.07) is 15.6. The van der Waals surface area contributed by atoms with Crippen molar-refractivity contribution in [2.45, 2.75) is 19.1 Å². The summed E-state index contributed by atoms with van der Waals surface area (Å²) in [5, 5.41) is 0. The molecule has 1 atom stereocenters. The second-order valence-electron chi connectivity index (χ2n) is 5.66. The minimum atomic E-state index is -0.387. The van der Waals surface area contributed by atoms with Crippen molar-refractivity contribution in [3.05, 3.63) is 95.9 Å². The highest BCUT2D eigenvalue weighted by atomic mass is 35.5. The molecule has 0 saturated carbocycles. The van der Waals surface area contributed by atoms with Crippen molar-refractivity contribution in [2.24, 2.45) is 5.73 Å². The Morgan fingerprint density at radius 2 is 1.52 bits per heavy atom. The fourth-order valence-electron chi connectivity index (χ4n) is 2.47. The Morgan fingerprint density at radius 3 is 2.20 bits per heavy atom. The third kappa shape index (κ3) is 6.02. The highest BCUT2D eigenvalue weighted by Gasteiger charge is 2.05. The molecule has 130 valence electrons. The molecule has 0 saturated heterocycles. The Bertz CT molecular complexity index is 954. The van der Waals surface area contributed by atoms with Crippen LogP contribution in [0, 0.1) is 0 Å². The van der Waals surface area contributed by atoms with Crippen molar-refractivity contribution < 1.29 is 11.6 Å². The molecule has 3 heteroatoms. The molecule has 3 aromatic rings. The summed E-state index contributed by atoms with van der Waals surface area (Å²) < 4.78 is 45.2. The Morgan fingerprint density at radius 1 is 0.840 bits per heavy atom. The van der Waals surface area contributed by atoms with E-state index in [4.69, 9.17) is 17.3 Å². The van der Waals surface area contributed by atoms with Crippen LogP contribution in [0.2, 0.25) is 0 Å². The van der Waals surface area contributed by atoms with Gasteiger partial charge in [-0.1, -0.05) is 84.8 Å². The topological polar surface area (TPSA) is 35.2 Å². The van der Waals surface area contributed by atoms with E-state index in [2.05, 4.69) is 0 Å². The minimum absolute atomic E-state index is 0. The molecule has 0 aliphatic rings. The lowest BCUT2D eigenvalue weighted by Gasteiger charge is -2.13. The fourth-order valence-corrected chi connectivity index (χ4v) is 2.47. The van der Waals surface area contributed by atoms with Crippen LogP contribution in [0.1, 0.15) is 18.0 Å². The van der Waals surface area contributed by atoms with Gasteiger partial charge >= 0.3 is 0 Å². The maximum atomic E-state index is 8.08. The summed E-state index contributed by atoms with van der Waals surface area (Å²) >= 11 is 0. The smallest absolute Gasteiger partial charge is 0.0717 e. The van der Waals surface area contributed by atoms with Gasteiger partial charge in [0.05, 0.1) is 20.1 Å². The third-order valence-electron chi connectivity index (χ3n) is 3.68. The molecule has 0 aliphatic heterocycles. The Labute approximate surface area is 163 Å². The monoisotopic (exact) mass is 358 g/mol. The van der Waals surface area contributed by atoms with Crippen molar-refractivity contribution >= 4 is 12.4 Å². The number of rotatable bonds is 7. The predicted molar refractivity (Wildman–Crippen MR) is 107 cm³/mol. The van der Waals surface area contributed by atoms with Gasteiger partial charge in [-0.15, -0.1) is 12.4 Å². The van der Waals surface area contributed by atoms with Crippen molar-refractivity contribution in [3.63, 3.8) is 0 Å². The van der Waals surface area contributed by atoms with Gasteiger partial charge in [-0.05, 0) is 28.7 Å². The van der Waals surface area contributed by atoms with Crippen LogP contribution in [0.4, 0.5) is 0 Å². The van der Waals surface area contributed by atoms with E-state index in [0.717, 1.165) is 11.1 Å². The van der Waals surface area contributed by atoms with Crippen LogP contribution in [0.15, 0.2) is 84.8 Å². The molecule has 0 unspecified atom stereocenters. The number of benzene rings is 3. The number of ether oxygens (including phenoxy) is 1. The average Bonchev–Trinajstić information content (AvgIpc) is 2.73. The highest BCUT2D eigenvalue weighted by Crippen LogP contribution is 2.19. The lowest BCUT2D eigenvalue weighted by atomic mass is 10.0. The molecule has 0 aromatic heterocycles. The lowest BCUT2D eigenvalue weighted by molar-refractivity contribution is 0.108. The summed E-state index contributed by atoms with van der Waals surface area (Å²) in [5.41, 5.74) is 9.05. The van der Waals surface area contributed by atoms with Crippen molar-refractivity contribution in [2.75, 3.05) is 6.61 Å². The minimum Gasteiger partial charge on any atom is -0.375 e. The van der Waals surface area contributed by atoms with Crippen molar-refractivity contribution in [1.29, 1.82) is 0 Å². The molecular formula is C22H24ClNO. The zero-order valence-electron chi connectivity index (χ0n) is 18.8. The molecule has 0 spiro atoms. The Kier molecular flexibility index (Phi) is 5.25. The standard InChI is InChI=1S/C22H23NO.ClH/c23-22(17-24-16-19-7-3-1-4-8-19)15-18-11-13-21(14-12-18)20-9-5-2-6-10-20;/h1-14,22H,15-17,23H2;1H/t22-;/m1./s1/i2D,5D,6D,9D,10D;. The van der Waals surface area contributed by atoms with E-state index in [1.165, 1.54) is 0 Å². The van der Waals surface area contributed by atoms with Gasteiger partial charge in [0.15, 0.2) is 0 Å². The van der Waals surface area contributed by atoms with Crippen LogP contribution in [0.25, 0.3) is 11.1 Å². The average molecular weight is 359 g/mol. The molecule has 0 amide bonds. The normalized spacial score (nSPS) is 14.4. The van der Waals surface area contributed by atoms with Gasteiger partial charge < -0.3 is 10.5 Å². The largest absolute Gasteiger partial charge is 0.375 e. The van der Waals surface area contributed by atoms with Gasteiger partial charge in [-0.25, -0.2) is 0 Å². The van der Waals surface area contributed by atoms with Crippen LogP contribution < -0.4 is 5.73 Å². The van der Waals surface area contributed by atoms with Gasteiger partial charge in [0.1, 0.15) is 0 Å². The summed E-state index contributed by atoms with van der Waals surface area (Å²) in [6.45, 7) is 0.947. The van der Waals surface area contributed by atoms with Crippen LogP contribution in [-0.4, -0.2) is 12.6 Å². The van der Waals surface area contributed by atoms with Crippen LogP contribution >= 0.6 is 12.4 Å². The molecule has 3 rings (SSSR count). The first-order valence-corrected chi connectivity index (χ1v) is 7.92. The van der Waals surface area contributed by atoms with Gasteiger partial charge in [-0.2, -0.15) is 0 Å². The first-order chi connectivity index (χ1) is 13.9. The number of nitrogens with two attached hydrogens (primary N) is 1. The van der Waals surface area contributed by atoms with Gasteiger partial charge in [-0.3, -0.25) is 0 Å². The quantitative estimate of drug-likeness (QED) is 0.654. The highest BCUT2D eigenvalue weighted by molar-refractivity contribution is 5.85. The molecule has 0 fully saturated rings. The summed E-state index contributed by atoms with van der Waals surface area (Å²) in [6.07, 6.45) is 0.621. The summed E-state index contributed by atoms with van der Waals surface area (Å²) in [7, 11) is 0. The fraction of sp³-hybridized carbons (Fsp3) is 0.182. The molecule has 0 heterocycles. The molecule has 2 N–H and O–H groups in total. The second kappa shape index (κ2) is 10.00. The first kappa shape index (κ1) is 13.1. The van der Waals surface area contributed by atoms with Crippen molar-refractivity contribution in [3.8, 4) is 11.1 Å². The SMILES string of the molecule is Cl.[2H]c1c([2H])c([2H])c(-c2ccc(C[C@@H](N)COCc3ccccc3)cc2)c([2H])c1[2H]. The maximum Gasteiger partial charge on any atom is 0.0717 e. The molecule has 0 aliphatic carbocycles. The summed E-state index contributed by atoms with van der Waals surface area (Å²) in [4.78, 5) is 0. The van der Waals surface area contributed by atoms with E-state index in [-0.39, 0.29) is 54.2 Å². The van der Waals surface area contributed by atoms with E-state index < -0.39 is 0 Å². The van der Waals surface area contributed by atoms with E-state index in [1.54, 1.807) is 12.1 Å². The second-order valence-corrected chi connectivity index (χ2v) is 5.66. The van der Waals surface area contributed by atoms with Gasteiger partial charge in [0.25, 0.3) is 0 Å². The van der Waals surface area contributed by atoms with Gasteiger partial charge in [0.2, 0.25) is 0 Å². The van der Waals surface area contributed by atoms with Gasteiger partial charge in [0, 0.05) is 6.04 Å². The summed E-state index contributed by atoms with van der Waals surface area (Å²) in [5.74, 6) is 0. The number of hydrogen-bond acceptors (Lipinski definition) is 2. The number of halogens is 1. The molecule has 0 radical (unpaired) electrons. The molecule has 3 aromatic carbocycles.